The molecule has 0 aliphatic carbocycles. The molecule has 8 heteroatoms. The zero-order chi connectivity index (χ0) is 18.7. The molecule has 1 aromatic carbocycles. The third kappa shape index (κ3) is 3.50. The Labute approximate surface area is 155 Å². The first-order chi connectivity index (χ1) is 12.5. The largest absolute Gasteiger partial charge is 0.325 e. The number of para-hydroxylation sites is 1. The molecule has 0 bridgehead atoms. The molecule has 3 rings (SSSR count). The van der Waals surface area contributed by atoms with Crippen LogP contribution in [0.25, 0.3) is 11.0 Å². The maximum Gasteiger partial charge on any atom is 0.280 e. The molecule has 2 heterocycles. The number of anilines is 1. The molecule has 26 heavy (non-hydrogen) atoms. The van der Waals surface area contributed by atoms with Crippen LogP contribution in [0.2, 0.25) is 0 Å². The minimum absolute atomic E-state index is 0.120. The fourth-order valence-electron chi connectivity index (χ4n) is 2.75. The SMILES string of the molecule is CCn1c(SCC(=O)Nc2ccccc2)nc2c(C)nn(CC)c2c1=O. The third-order valence-electron chi connectivity index (χ3n) is 3.99. The molecule has 0 aliphatic heterocycles. The van der Waals surface area contributed by atoms with E-state index >= 15 is 0 Å². The van der Waals surface area contributed by atoms with Gasteiger partial charge in [0.05, 0.1) is 11.4 Å². The topological polar surface area (TPSA) is 81.8 Å². The normalized spacial score (nSPS) is 11.0. The number of rotatable bonds is 6. The number of amides is 1. The average Bonchev–Trinajstić information content (AvgIpc) is 2.97. The van der Waals surface area contributed by atoms with Gasteiger partial charge in [0.25, 0.3) is 5.56 Å². The molecule has 0 fully saturated rings. The Morgan fingerprint density at radius 2 is 1.92 bits per heavy atom. The van der Waals surface area contributed by atoms with Gasteiger partial charge in [-0.05, 0) is 32.9 Å². The van der Waals surface area contributed by atoms with Gasteiger partial charge in [-0.2, -0.15) is 5.10 Å². The number of hydrogen-bond acceptors (Lipinski definition) is 5. The minimum Gasteiger partial charge on any atom is -0.325 e. The van der Waals surface area contributed by atoms with Crippen LogP contribution < -0.4 is 10.9 Å². The van der Waals surface area contributed by atoms with E-state index in [1.807, 2.05) is 51.1 Å². The highest BCUT2D eigenvalue weighted by Crippen LogP contribution is 2.20. The smallest absolute Gasteiger partial charge is 0.280 e. The van der Waals surface area contributed by atoms with Crippen molar-refractivity contribution in [2.24, 2.45) is 0 Å². The number of carbonyl (C=O) groups excluding carboxylic acids is 1. The van der Waals surface area contributed by atoms with Gasteiger partial charge in [0.15, 0.2) is 10.7 Å². The molecule has 0 radical (unpaired) electrons. The maximum atomic E-state index is 12.9. The number of nitrogens with one attached hydrogen (secondary N) is 1. The van der Waals surface area contributed by atoms with E-state index in [1.165, 1.54) is 11.8 Å². The van der Waals surface area contributed by atoms with Crippen molar-refractivity contribution in [1.29, 1.82) is 0 Å². The molecule has 1 amide bonds. The number of carbonyl (C=O) groups is 1. The number of hydrogen-bond donors (Lipinski definition) is 1. The lowest BCUT2D eigenvalue weighted by Gasteiger charge is -2.10. The van der Waals surface area contributed by atoms with E-state index in [9.17, 15) is 9.59 Å². The van der Waals surface area contributed by atoms with Crippen molar-refractivity contribution in [3.63, 3.8) is 0 Å². The first-order valence-electron chi connectivity index (χ1n) is 8.50. The Hall–Kier alpha value is -2.61. The second kappa shape index (κ2) is 7.74. The molecule has 7 nitrogen and oxygen atoms in total. The van der Waals surface area contributed by atoms with Crippen LogP contribution in [0.5, 0.6) is 0 Å². The Kier molecular flexibility index (Phi) is 5.41. The van der Waals surface area contributed by atoms with Crippen molar-refractivity contribution in [1.82, 2.24) is 19.3 Å². The van der Waals surface area contributed by atoms with Crippen LogP contribution in [0.15, 0.2) is 40.3 Å². The Bertz CT molecular complexity index is 994. The lowest BCUT2D eigenvalue weighted by molar-refractivity contribution is -0.113. The number of fused-ring (bicyclic) bond motifs is 1. The van der Waals surface area contributed by atoms with Crippen LogP contribution in [0.4, 0.5) is 5.69 Å². The highest BCUT2D eigenvalue weighted by molar-refractivity contribution is 7.99. The van der Waals surface area contributed by atoms with Crippen molar-refractivity contribution in [3.8, 4) is 0 Å². The molecule has 2 aromatic heterocycles. The summed E-state index contributed by atoms with van der Waals surface area (Å²) in [4.78, 5) is 29.7. The summed E-state index contributed by atoms with van der Waals surface area (Å²) in [6.45, 7) is 6.77. The summed E-state index contributed by atoms with van der Waals surface area (Å²) >= 11 is 1.26. The van der Waals surface area contributed by atoms with Gasteiger partial charge in [-0.15, -0.1) is 0 Å². The van der Waals surface area contributed by atoms with E-state index in [1.54, 1.807) is 9.25 Å². The van der Waals surface area contributed by atoms with Gasteiger partial charge in [0.2, 0.25) is 5.91 Å². The van der Waals surface area contributed by atoms with Gasteiger partial charge in [-0.25, -0.2) is 4.98 Å². The molecule has 136 valence electrons. The van der Waals surface area contributed by atoms with Crippen LogP contribution in [-0.2, 0) is 17.9 Å². The fraction of sp³-hybridized carbons (Fsp3) is 0.333. The number of aryl methyl sites for hydroxylation is 2. The Morgan fingerprint density at radius 3 is 2.58 bits per heavy atom. The second-order valence-electron chi connectivity index (χ2n) is 5.75. The van der Waals surface area contributed by atoms with Crippen molar-refractivity contribution in [3.05, 3.63) is 46.4 Å². The second-order valence-corrected chi connectivity index (χ2v) is 6.69. The van der Waals surface area contributed by atoms with E-state index in [4.69, 9.17) is 0 Å². The van der Waals surface area contributed by atoms with Gasteiger partial charge in [0.1, 0.15) is 5.52 Å². The summed E-state index contributed by atoms with van der Waals surface area (Å²) in [5.41, 5.74) is 2.47. The van der Waals surface area contributed by atoms with E-state index in [0.29, 0.717) is 29.3 Å². The molecule has 0 aliphatic rings. The Morgan fingerprint density at radius 1 is 1.19 bits per heavy atom. The van der Waals surface area contributed by atoms with Crippen molar-refractivity contribution >= 4 is 34.4 Å². The van der Waals surface area contributed by atoms with Crippen LogP contribution in [0, 0.1) is 6.92 Å². The molecular weight excluding hydrogens is 350 g/mol. The van der Waals surface area contributed by atoms with Crippen LogP contribution in [0.1, 0.15) is 19.5 Å². The summed E-state index contributed by atoms with van der Waals surface area (Å²) in [6, 6.07) is 9.28. The molecule has 0 unspecified atom stereocenters. The number of thioether (sulfide) groups is 1. The molecule has 0 atom stereocenters. The monoisotopic (exact) mass is 371 g/mol. The van der Waals surface area contributed by atoms with Gasteiger partial charge in [-0.3, -0.25) is 18.8 Å². The summed E-state index contributed by atoms with van der Waals surface area (Å²) in [5, 5.41) is 7.76. The third-order valence-corrected chi connectivity index (χ3v) is 4.96. The zero-order valence-corrected chi connectivity index (χ0v) is 15.8. The highest BCUT2D eigenvalue weighted by atomic mass is 32.2. The molecule has 0 saturated heterocycles. The van der Waals surface area contributed by atoms with Crippen LogP contribution >= 0.6 is 11.8 Å². The molecule has 0 saturated carbocycles. The van der Waals surface area contributed by atoms with Crippen molar-refractivity contribution in [2.45, 2.75) is 39.0 Å². The first-order valence-corrected chi connectivity index (χ1v) is 9.49. The summed E-state index contributed by atoms with van der Waals surface area (Å²) in [6.07, 6.45) is 0. The average molecular weight is 371 g/mol. The molecule has 3 aromatic rings. The number of aromatic nitrogens is 4. The number of nitrogens with zero attached hydrogens (tertiary/aromatic N) is 4. The van der Waals surface area contributed by atoms with Gasteiger partial charge in [-0.1, -0.05) is 30.0 Å². The summed E-state index contributed by atoms with van der Waals surface area (Å²) in [5.74, 6) is 0.0348. The van der Waals surface area contributed by atoms with Gasteiger partial charge in [0, 0.05) is 18.8 Å². The molecular formula is C18H21N5O2S. The quantitative estimate of drug-likeness (QED) is 0.532. The summed E-state index contributed by atoms with van der Waals surface area (Å²) < 4.78 is 3.28. The van der Waals surface area contributed by atoms with E-state index in [2.05, 4.69) is 15.4 Å². The van der Waals surface area contributed by atoms with Crippen molar-refractivity contribution < 1.29 is 4.79 Å². The fourth-order valence-corrected chi connectivity index (χ4v) is 3.61. The van der Waals surface area contributed by atoms with Crippen LogP contribution in [-0.4, -0.2) is 31.0 Å². The highest BCUT2D eigenvalue weighted by Gasteiger charge is 2.18. The standard InChI is InChI=1S/C18H21N5O2S/c1-4-22-17(25)16-15(12(3)21-23(16)5-2)20-18(22)26-11-14(24)19-13-9-7-6-8-10-13/h6-10H,4-5,11H2,1-3H3,(H,19,24). The Balaban J connectivity index is 1.86. The lowest BCUT2D eigenvalue weighted by Crippen LogP contribution is -2.25. The zero-order valence-electron chi connectivity index (χ0n) is 15.0. The minimum atomic E-state index is -0.140. The molecule has 1 N–H and O–H groups in total. The summed E-state index contributed by atoms with van der Waals surface area (Å²) in [7, 11) is 0. The van der Waals surface area contributed by atoms with E-state index in [0.717, 1.165) is 11.4 Å². The number of benzene rings is 1. The lowest BCUT2D eigenvalue weighted by atomic mass is 10.3. The van der Waals surface area contributed by atoms with Gasteiger partial charge >= 0.3 is 0 Å². The maximum absolute atomic E-state index is 12.9. The van der Waals surface area contributed by atoms with E-state index in [-0.39, 0.29) is 17.2 Å². The molecule has 0 spiro atoms. The predicted octanol–water partition coefficient (Wildman–Crippen LogP) is 2.67. The van der Waals surface area contributed by atoms with Crippen molar-refractivity contribution in [2.75, 3.05) is 11.1 Å². The van der Waals surface area contributed by atoms with Gasteiger partial charge < -0.3 is 5.32 Å². The first kappa shape index (κ1) is 18.2. The van der Waals surface area contributed by atoms with Crippen LogP contribution in [0.3, 0.4) is 0 Å². The predicted molar refractivity (Wildman–Crippen MR) is 104 cm³/mol. The van der Waals surface area contributed by atoms with E-state index < -0.39 is 0 Å².